The number of benzene rings is 1. The van der Waals surface area contributed by atoms with Crippen LogP contribution in [0.2, 0.25) is 0 Å². The monoisotopic (exact) mass is 313 g/mol. The Morgan fingerprint density at radius 3 is 2.48 bits per heavy atom. The molecule has 8 heteroatoms. The summed E-state index contributed by atoms with van der Waals surface area (Å²) in [6, 6.07) is 9.36. The van der Waals surface area contributed by atoms with Gasteiger partial charge >= 0.3 is 11.8 Å². The van der Waals surface area contributed by atoms with Crippen LogP contribution in [0.15, 0.2) is 42.7 Å². The van der Waals surface area contributed by atoms with Crippen LogP contribution in [0.4, 0.5) is 0 Å². The Balaban J connectivity index is 1.55. The van der Waals surface area contributed by atoms with Gasteiger partial charge in [-0.3, -0.25) is 25.2 Å². The molecule has 2 aromatic rings. The summed E-state index contributed by atoms with van der Waals surface area (Å²) >= 11 is 0. The first kappa shape index (κ1) is 14.8. The van der Waals surface area contributed by atoms with Crippen molar-refractivity contribution in [2.45, 2.75) is 18.9 Å². The zero-order valence-corrected chi connectivity index (χ0v) is 12.2. The molecule has 0 aliphatic heterocycles. The Morgan fingerprint density at radius 1 is 1.04 bits per heavy atom. The number of rotatable bonds is 3. The van der Waals surface area contributed by atoms with E-state index in [-0.39, 0.29) is 11.6 Å². The van der Waals surface area contributed by atoms with Crippen molar-refractivity contribution < 1.29 is 14.4 Å². The number of amides is 3. The molecule has 0 spiro atoms. The zero-order valence-electron chi connectivity index (χ0n) is 12.2. The van der Waals surface area contributed by atoms with Crippen LogP contribution in [0.25, 0.3) is 5.69 Å². The molecule has 3 amide bonds. The smallest absolute Gasteiger partial charge is 0.327 e. The average molecular weight is 313 g/mol. The minimum atomic E-state index is -0.902. The van der Waals surface area contributed by atoms with Gasteiger partial charge in [-0.25, -0.2) is 4.68 Å². The first-order chi connectivity index (χ1) is 11.1. The maximum Gasteiger partial charge on any atom is 0.327 e. The van der Waals surface area contributed by atoms with Crippen molar-refractivity contribution in [2.24, 2.45) is 0 Å². The van der Waals surface area contributed by atoms with Crippen LogP contribution in [0.5, 0.6) is 0 Å². The van der Waals surface area contributed by atoms with Crippen molar-refractivity contribution in [3.8, 4) is 5.69 Å². The molecule has 3 rings (SSSR count). The molecule has 1 aliphatic rings. The van der Waals surface area contributed by atoms with Gasteiger partial charge in [-0.1, -0.05) is 18.2 Å². The maximum absolute atomic E-state index is 11.9. The van der Waals surface area contributed by atoms with E-state index in [0.717, 1.165) is 18.5 Å². The number of hydrogen-bond acceptors (Lipinski definition) is 4. The normalized spacial score (nSPS) is 13.2. The van der Waals surface area contributed by atoms with Crippen LogP contribution in [0, 0.1) is 0 Å². The van der Waals surface area contributed by atoms with E-state index in [2.05, 4.69) is 21.3 Å². The first-order valence-electron chi connectivity index (χ1n) is 7.15. The molecule has 0 unspecified atom stereocenters. The van der Waals surface area contributed by atoms with Gasteiger partial charge in [0.1, 0.15) is 0 Å². The molecule has 0 atom stereocenters. The molecule has 1 aromatic carbocycles. The van der Waals surface area contributed by atoms with Crippen LogP contribution in [0.1, 0.15) is 23.2 Å². The molecular formula is C15H15N5O3. The third kappa shape index (κ3) is 3.73. The van der Waals surface area contributed by atoms with E-state index in [9.17, 15) is 14.4 Å². The van der Waals surface area contributed by atoms with Crippen molar-refractivity contribution in [3.05, 3.63) is 48.3 Å². The van der Waals surface area contributed by atoms with Gasteiger partial charge in [-0.2, -0.15) is 5.10 Å². The lowest BCUT2D eigenvalue weighted by Gasteiger charge is -2.06. The molecule has 1 aliphatic carbocycles. The number of carbonyl (C=O) groups is 3. The minimum absolute atomic E-state index is 0.0769. The topological polar surface area (TPSA) is 105 Å². The molecule has 118 valence electrons. The van der Waals surface area contributed by atoms with Gasteiger partial charge in [0.25, 0.3) is 5.91 Å². The number of nitrogens with zero attached hydrogens (tertiary/aromatic N) is 2. The molecule has 1 saturated carbocycles. The summed E-state index contributed by atoms with van der Waals surface area (Å²) in [5.74, 6) is -2.21. The van der Waals surface area contributed by atoms with Crippen LogP contribution in [0.3, 0.4) is 0 Å². The third-order valence-corrected chi connectivity index (χ3v) is 3.27. The summed E-state index contributed by atoms with van der Waals surface area (Å²) in [4.78, 5) is 34.9. The predicted molar refractivity (Wildman–Crippen MR) is 80.3 cm³/mol. The highest BCUT2D eigenvalue weighted by atomic mass is 16.2. The van der Waals surface area contributed by atoms with E-state index in [1.54, 1.807) is 0 Å². The van der Waals surface area contributed by atoms with Gasteiger partial charge in [0.15, 0.2) is 0 Å². The zero-order chi connectivity index (χ0) is 16.2. The minimum Gasteiger partial charge on any atom is -0.345 e. The highest BCUT2D eigenvalue weighted by Gasteiger charge is 2.26. The second kappa shape index (κ2) is 6.30. The molecule has 0 radical (unpaired) electrons. The van der Waals surface area contributed by atoms with E-state index < -0.39 is 17.7 Å². The quantitative estimate of drug-likeness (QED) is 0.544. The van der Waals surface area contributed by atoms with Crippen LogP contribution < -0.4 is 16.2 Å². The number of carbonyl (C=O) groups excluding carboxylic acids is 3. The Labute approximate surface area is 131 Å². The molecule has 8 nitrogen and oxygen atoms in total. The van der Waals surface area contributed by atoms with E-state index in [4.69, 9.17) is 0 Å². The molecule has 1 aromatic heterocycles. The van der Waals surface area contributed by atoms with Crippen molar-refractivity contribution in [1.29, 1.82) is 0 Å². The number of aromatic nitrogens is 2. The number of hydrogen-bond donors (Lipinski definition) is 3. The summed E-state index contributed by atoms with van der Waals surface area (Å²) in [5.41, 5.74) is 5.33. The highest BCUT2D eigenvalue weighted by Crippen LogP contribution is 2.18. The summed E-state index contributed by atoms with van der Waals surface area (Å²) in [7, 11) is 0. The average Bonchev–Trinajstić information content (AvgIpc) is 3.25. The summed E-state index contributed by atoms with van der Waals surface area (Å²) in [5, 5.41) is 6.61. The summed E-state index contributed by atoms with van der Waals surface area (Å²) < 4.78 is 1.54. The maximum atomic E-state index is 11.9. The largest absolute Gasteiger partial charge is 0.345 e. The molecule has 23 heavy (non-hydrogen) atoms. The van der Waals surface area contributed by atoms with E-state index in [0.29, 0.717) is 0 Å². The Bertz CT molecular complexity index is 737. The van der Waals surface area contributed by atoms with Crippen molar-refractivity contribution in [2.75, 3.05) is 0 Å². The fourth-order valence-corrected chi connectivity index (χ4v) is 1.88. The second-order valence-electron chi connectivity index (χ2n) is 5.17. The number of hydrazine groups is 1. The van der Waals surface area contributed by atoms with Gasteiger partial charge in [0.05, 0.1) is 17.4 Å². The van der Waals surface area contributed by atoms with Gasteiger partial charge in [-0.15, -0.1) is 0 Å². The third-order valence-electron chi connectivity index (χ3n) is 3.27. The predicted octanol–water partition coefficient (Wildman–Crippen LogP) is -0.0881. The molecule has 0 bridgehead atoms. The van der Waals surface area contributed by atoms with Crippen molar-refractivity contribution in [1.82, 2.24) is 25.9 Å². The molecule has 0 saturated heterocycles. The second-order valence-corrected chi connectivity index (χ2v) is 5.17. The standard InChI is InChI=1S/C15H15N5O3/c21-13(18-19-15(23)14(22)17-11-6-7-11)10-8-16-20(9-10)12-4-2-1-3-5-12/h1-5,8-9,11H,6-7H2,(H,17,22)(H,18,21)(H,19,23). The van der Waals surface area contributed by atoms with Crippen molar-refractivity contribution >= 4 is 17.7 Å². The van der Waals surface area contributed by atoms with Crippen LogP contribution in [-0.4, -0.2) is 33.5 Å². The fraction of sp³-hybridized carbons (Fsp3) is 0.200. The van der Waals surface area contributed by atoms with Crippen molar-refractivity contribution in [3.63, 3.8) is 0 Å². The highest BCUT2D eigenvalue weighted by molar-refractivity contribution is 6.35. The fourth-order valence-electron chi connectivity index (χ4n) is 1.88. The number of nitrogens with one attached hydrogen (secondary N) is 3. The lowest BCUT2D eigenvalue weighted by molar-refractivity contribution is -0.139. The summed E-state index contributed by atoms with van der Waals surface area (Å²) in [6.45, 7) is 0. The van der Waals surface area contributed by atoms with E-state index >= 15 is 0 Å². The number of para-hydroxylation sites is 1. The first-order valence-corrected chi connectivity index (χ1v) is 7.15. The lowest BCUT2D eigenvalue weighted by atomic mass is 10.3. The molecule has 3 N–H and O–H groups in total. The van der Waals surface area contributed by atoms with E-state index in [1.807, 2.05) is 30.3 Å². The Kier molecular flexibility index (Phi) is 4.05. The van der Waals surface area contributed by atoms with E-state index in [1.165, 1.54) is 17.1 Å². The summed E-state index contributed by atoms with van der Waals surface area (Å²) in [6.07, 6.45) is 4.66. The lowest BCUT2D eigenvalue weighted by Crippen LogP contribution is -2.48. The van der Waals surface area contributed by atoms with Crippen LogP contribution >= 0.6 is 0 Å². The van der Waals surface area contributed by atoms with Gasteiger partial charge in [0, 0.05) is 12.2 Å². The molecule has 1 heterocycles. The Morgan fingerprint density at radius 2 is 1.78 bits per heavy atom. The van der Waals surface area contributed by atoms with Gasteiger partial charge in [0.2, 0.25) is 0 Å². The van der Waals surface area contributed by atoms with Crippen LogP contribution in [-0.2, 0) is 9.59 Å². The Hall–Kier alpha value is -3.16. The SMILES string of the molecule is O=C(NNC(=O)c1cnn(-c2ccccc2)c1)C(=O)NC1CC1. The molecular weight excluding hydrogens is 298 g/mol. The molecule has 1 fully saturated rings. The van der Waals surface area contributed by atoms with Gasteiger partial charge < -0.3 is 5.32 Å². The van der Waals surface area contributed by atoms with Gasteiger partial charge in [-0.05, 0) is 25.0 Å².